The van der Waals surface area contributed by atoms with E-state index in [-0.39, 0.29) is 24.6 Å². The standard InChI is InChI=1S/C18H21FN2O3S/c1-3-20(15-9-5-4-6-10-15)18(22)13-14-21(25(2,23)24)17-12-8-7-11-16(17)19/h4-12H,3,13-14H2,1-2H3. The van der Waals surface area contributed by atoms with Crippen molar-refractivity contribution in [1.29, 1.82) is 0 Å². The molecule has 0 spiro atoms. The summed E-state index contributed by atoms with van der Waals surface area (Å²) in [5, 5.41) is 0. The first-order valence-corrected chi connectivity index (χ1v) is 9.77. The molecule has 0 radical (unpaired) electrons. The first-order chi connectivity index (χ1) is 11.8. The molecule has 2 rings (SSSR count). The molecule has 2 aromatic carbocycles. The predicted molar refractivity (Wildman–Crippen MR) is 97.7 cm³/mol. The van der Waals surface area contributed by atoms with Crippen LogP contribution in [0.5, 0.6) is 0 Å². The SMILES string of the molecule is CCN(C(=O)CCN(c1ccccc1F)S(C)(=O)=O)c1ccccc1. The van der Waals surface area contributed by atoms with Crippen molar-refractivity contribution in [2.75, 3.05) is 28.6 Å². The molecule has 0 bridgehead atoms. The number of rotatable bonds is 7. The van der Waals surface area contributed by atoms with E-state index in [1.165, 1.54) is 18.2 Å². The van der Waals surface area contributed by atoms with Crippen LogP contribution in [0, 0.1) is 5.82 Å². The summed E-state index contributed by atoms with van der Waals surface area (Å²) in [6.45, 7) is 2.18. The second-order valence-corrected chi connectivity index (χ2v) is 7.42. The van der Waals surface area contributed by atoms with Crippen LogP contribution in [0.2, 0.25) is 0 Å². The van der Waals surface area contributed by atoms with Crippen molar-refractivity contribution in [1.82, 2.24) is 0 Å². The second kappa shape index (κ2) is 8.11. The predicted octanol–water partition coefficient (Wildman–Crippen LogP) is 3.03. The first kappa shape index (κ1) is 18.9. The van der Waals surface area contributed by atoms with Gasteiger partial charge in [0.15, 0.2) is 0 Å². The van der Waals surface area contributed by atoms with E-state index in [2.05, 4.69) is 0 Å². The summed E-state index contributed by atoms with van der Waals surface area (Å²) in [7, 11) is -3.71. The van der Waals surface area contributed by atoms with Crippen molar-refractivity contribution in [3.05, 3.63) is 60.4 Å². The fourth-order valence-corrected chi connectivity index (χ4v) is 3.49. The van der Waals surface area contributed by atoms with Gasteiger partial charge < -0.3 is 4.90 Å². The van der Waals surface area contributed by atoms with Crippen molar-refractivity contribution in [3.8, 4) is 0 Å². The maximum atomic E-state index is 14.0. The van der Waals surface area contributed by atoms with Gasteiger partial charge in [0.05, 0.1) is 11.9 Å². The summed E-state index contributed by atoms with van der Waals surface area (Å²) in [5.41, 5.74) is 0.687. The van der Waals surface area contributed by atoms with Crippen molar-refractivity contribution in [2.24, 2.45) is 0 Å². The minimum absolute atomic E-state index is 0.0514. The lowest BCUT2D eigenvalue weighted by Crippen LogP contribution is -2.37. The third-order valence-electron chi connectivity index (χ3n) is 3.74. The van der Waals surface area contributed by atoms with Crippen LogP contribution in [0.3, 0.4) is 0 Å². The van der Waals surface area contributed by atoms with Crippen LogP contribution < -0.4 is 9.21 Å². The van der Waals surface area contributed by atoms with E-state index < -0.39 is 15.8 Å². The minimum Gasteiger partial charge on any atom is -0.313 e. The van der Waals surface area contributed by atoms with Gasteiger partial charge in [0, 0.05) is 25.2 Å². The molecule has 0 aromatic heterocycles. The van der Waals surface area contributed by atoms with Crippen LogP contribution in [0.25, 0.3) is 0 Å². The Labute approximate surface area is 147 Å². The quantitative estimate of drug-likeness (QED) is 0.759. The Bertz CT molecular complexity index is 825. The Kier molecular flexibility index (Phi) is 6.14. The average Bonchev–Trinajstić information content (AvgIpc) is 2.57. The highest BCUT2D eigenvalue weighted by Crippen LogP contribution is 2.22. The number of hydrogen-bond donors (Lipinski definition) is 0. The lowest BCUT2D eigenvalue weighted by atomic mass is 10.2. The van der Waals surface area contributed by atoms with Gasteiger partial charge in [0.25, 0.3) is 0 Å². The lowest BCUT2D eigenvalue weighted by molar-refractivity contribution is -0.118. The fourth-order valence-electron chi connectivity index (χ4n) is 2.56. The molecule has 1 amide bonds. The van der Waals surface area contributed by atoms with Gasteiger partial charge in [-0.1, -0.05) is 30.3 Å². The molecule has 0 unspecified atom stereocenters. The number of carbonyl (C=O) groups excluding carboxylic acids is 1. The molecule has 0 N–H and O–H groups in total. The minimum atomic E-state index is -3.71. The molecule has 0 aliphatic rings. The Morgan fingerprint density at radius 1 is 1.04 bits per heavy atom. The van der Waals surface area contributed by atoms with Crippen LogP contribution in [0.1, 0.15) is 13.3 Å². The number of para-hydroxylation sites is 2. The van der Waals surface area contributed by atoms with Gasteiger partial charge >= 0.3 is 0 Å². The monoisotopic (exact) mass is 364 g/mol. The molecular formula is C18H21FN2O3S. The average molecular weight is 364 g/mol. The molecule has 0 atom stereocenters. The molecule has 25 heavy (non-hydrogen) atoms. The third kappa shape index (κ3) is 4.79. The van der Waals surface area contributed by atoms with Crippen LogP contribution in [0.4, 0.5) is 15.8 Å². The first-order valence-electron chi connectivity index (χ1n) is 7.92. The zero-order chi connectivity index (χ0) is 18.4. The van der Waals surface area contributed by atoms with Crippen LogP contribution in [-0.4, -0.2) is 33.7 Å². The Morgan fingerprint density at radius 2 is 1.64 bits per heavy atom. The van der Waals surface area contributed by atoms with Crippen molar-refractivity contribution < 1.29 is 17.6 Å². The zero-order valence-corrected chi connectivity index (χ0v) is 15.0. The van der Waals surface area contributed by atoms with E-state index in [9.17, 15) is 17.6 Å². The van der Waals surface area contributed by atoms with Gasteiger partial charge in [0.2, 0.25) is 15.9 Å². The van der Waals surface area contributed by atoms with Gasteiger partial charge in [-0.25, -0.2) is 12.8 Å². The second-order valence-electron chi connectivity index (χ2n) is 5.51. The van der Waals surface area contributed by atoms with E-state index in [0.717, 1.165) is 16.2 Å². The maximum absolute atomic E-state index is 14.0. The molecule has 7 heteroatoms. The van der Waals surface area contributed by atoms with Gasteiger partial charge in [-0.2, -0.15) is 0 Å². The summed E-state index contributed by atoms with van der Waals surface area (Å²) < 4.78 is 39.0. The number of nitrogens with zero attached hydrogens (tertiary/aromatic N) is 2. The summed E-state index contributed by atoms with van der Waals surface area (Å²) in [4.78, 5) is 14.1. The summed E-state index contributed by atoms with van der Waals surface area (Å²) in [5.74, 6) is -0.866. The molecule has 0 saturated heterocycles. The van der Waals surface area contributed by atoms with E-state index >= 15 is 0 Å². The Morgan fingerprint density at radius 3 is 2.20 bits per heavy atom. The van der Waals surface area contributed by atoms with E-state index in [1.807, 2.05) is 37.3 Å². The highest BCUT2D eigenvalue weighted by molar-refractivity contribution is 7.92. The topological polar surface area (TPSA) is 57.7 Å². The lowest BCUT2D eigenvalue weighted by Gasteiger charge is -2.25. The molecule has 134 valence electrons. The van der Waals surface area contributed by atoms with Crippen molar-refractivity contribution in [3.63, 3.8) is 0 Å². The smallest absolute Gasteiger partial charge is 0.232 e. The molecule has 0 aliphatic carbocycles. The van der Waals surface area contributed by atoms with Gasteiger partial charge in [0.1, 0.15) is 5.82 Å². The number of halogens is 1. The molecule has 2 aromatic rings. The fraction of sp³-hybridized carbons (Fsp3) is 0.278. The number of benzene rings is 2. The maximum Gasteiger partial charge on any atom is 0.232 e. The summed E-state index contributed by atoms with van der Waals surface area (Å²) >= 11 is 0. The van der Waals surface area contributed by atoms with E-state index in [0.29, 0.717) is 6.54 Å². The number of carbonyl (C=O) groups is 1. The van der Waals surface area contributed by atoms with Gasteiger partial charge in [-0.15, -0.1) is 0 Å². The molecule has 5 nitrogen and oxygen atoms in total. The highest BCUT2D eigenvalue weighted by Gasteiger charge is 2.23. The van der Waals surface area contributed by atoms with Crippen LogP contribution in [0.15, 0.2) is 54.6 Å². The molecular weight excluding hydrogens is 343 g/mol. The molecule has 0 saturated carbocycles. The summed E-state index contributed by atoms with van der Waals surface area (Å²) in [6.07, 6.45) is 0.947. The van der Waals surface area contributed by atoms with Gasteiger partial charge in [-0.05, 0) is 31.2 Å². The van der Waals surface area contributed by atoms with Crippen molar-refractivity contribution in [2.45, 2.75) is 13.3 Å². The normalized spacial score (nSPS) is 11.2. The Balaban J connectivity index is 2.18. The highest BCUT2D eigenvalue weighted by atomic mass is 32.2. The van der Waals surface area contributed by atoms with Crippen LogP contribution >= 0.6 is 0 Å². The molecule has 0 heterocycles. The number of anilines is 2. The zero-order valence-electron chi connectivity index (χ0n) is 14.2. The van der Waals surface area contributed by atoms with E-state index in [4.69, 9.17) is 0 Å². The number of sulfonamides is 1. The third-order valence-corrected chi connectivity index (χ3v) is 4.92. The van der Waals surface area contributed by atoms with Gasteiger partial charge in [-0.3, -0.25) is 9.10 Å². The number of hydrogen-bond acceptors (Lipinski definition) is 3. The Hall–Kier alpha value is -2.41. The summed E-state index contributed by atoms with van der Waals surface area (Å²) in [6, 6.07) is 14.7. The number of amides is 1. The van der Waals surface area contributed by atoms with E-state index in [1.54, 1.807) is 11.0 Å². The van der Waals surface area contributed by atoms with Crippen LogP contribution in [-0.2, 0) is 14.8 Å². The molecule has 0 aliphatic heterocycles. The molecule has 0 fully saturated rings. The largest absolute Gasteiger partial charge is 0.313 e. The van der Waals surface area contributed by atoms with Crippen molar-refractivity contribution >= 4 is 27.3 Å².